The average molecular weight is 477 g/mol. The van der Waals surface area contributed by atoms with Crippen LogP contribution in [0.3, 0.4) is 0 Å². The van der Waals surface area contributed by atoms with Gasteiger partial charge in [-0.05, 0) is 62.6 Å². The van der Waals surface area contributed by atoms with E-state index in [1.165, 1.54) is 0 Å². The Balaban J connectivity index is 1.47. The van der Waals surface area contributed by atoms with E-state index in [-0.39, 0.29) is 31.2 Å². The van der Waals surface area contributed by atoms with Gasteiger partial charge in [-0.15, -0.1) is 0 Å². The first-order valence-corrected chi connectivity index (χ1v) is 11.9. The van der Waals surface area contributed by atoms with E-state index in [4.69, 9.17) is 13.9 Å². The molecule has 2 heterocycles. The largest absolute Gasteiger partial charge is 0.464 e. The van der Waals surface area contributed by atoms with Crippen LogP contribution in [0.5, 0.6) is 11.5 Å². The number of furan rings is 1. The summed E-state index contributed by atoms with van der Waals surface area (Å²) in [5.74, 6) is 2.68. The standard InChI is InChI=1S/C28H32N2O5/c1-20(2)30(27(31)14-11-22-7-5-4-6-8-22)18-28(32)29(17-24-12-9-21(3)35-24)16-23-10-13-25-26(15-23)34-19-33-25/h4-10,12-13,15,20H,11,14,16-19H2,1-3H3. The molecule has 2 aromatic carbocycles. The summed E-state index contributed by atoms with van der Waals surface area (Å²) >= 11 is 0. The molecule has 3 aromatic rings. The van der Waals surface area contributed by atoms with E-state index in [2.05, 4.69) is 0 Å². The second-order valence-electron chi connectivity index (χ2n) is 9.05. The topological polar surface area (TPSA) is 72.2 Å². The maximum absolute atomic E-state index is 13.5. The highest BCUT2D eigenvalue weighted by atomic mass is 16.7. The minimum Gasteiger partial charge on any atom is -0.464 e. The van der Waals surface area contributed by atoms with Crippen LogP contribution in [-0.4, -0.2) is 41.0 Å². The van der Waals surface area contributed by atoms with Crippen LogP contribution in [-0.2, 0) is 29.1 Å². The van der Waals surface area contributed by atoms with Crippen LogP contribution in [0.15, 0.2) is 65.1 Å². The smallest absolute Gasteiger partial charge is 0.242 e. The molecule has 0 aliphatic carbocycles. The Morgan fingerprint density at radius 2 is 1.66 bits per heavy atom. The second kappa shape index (κ2) is 11.1. The van der Waals surface area contributed by atoms with Gasteiger partial charge in [-0.3, -0.25) is 9.59 Å². The van der Waals surface area contributed by atoms with Crippen molar-refractivity contribution >= 4 is 11.8 Å². The molecular formula is C28H32N2O5. The van der Waals surface area contributed by atoms with E-state index < -0.39 is 0 Å². The van der Waals surface area contributed by atoms with Crippen molar-refractivity contribution in [2.24, 2.45) is 0 Å². The lowest BCUT2D eigenvalue weighted by molar-refractivity contribution is -0.142. The third-order valence-electron chi connectivity index (χ3n) is 6.03. The summed E-state index contributed by atoms with van der Waals surface area (Å²) in [6.07, 6.45) is 0.999. The van der Waals surface area contributed by atoms with Crippen LogP contribution < -0.4 is 9.47 Å². The van der Waals surface area contributed by atoms with Gasteiger partial charge in [0.1, 0.15) is 11.5 Å². The van der Waals surface area contributed by atoms with Crippen molar-refractivity contribution in [3.8, 4) is 11.5 Å². The summed E-state index contributed by atoms with van der Waals surface area (Å²) in [5, 5.41) is 0. The molecule has 184 valence electrons. The predicted octanol–water partition coefficient (Wildman–Crippen LogP) is 4.72. The molecule has 0 spiro atoms. The van der Waals surface area contributed by atoms with Gasteiger partial charge in [0, 0.05) is 19.0 Å². The number of amides is 2. The van der Waals surface area contributed by atoms with Crippen molar-refractivity contribution in [2.45, 2.75) is 52.7 Å². The highest BCUT2D eigenvalue weighted by molar-refractivity contribution is 5.85. The molecule has 4 rings (SSSR count). The van der Waals surface area contributed by atoms with E-state index in [9.17, 15) is 9.59 Å². The number of fused-ring (bicyclic) bond motifs is 1. The van der Waals surface area contributed by atoms with E-state index >= 15 is 0 Å². The zero-order valence-electron chi connectivity index (χ0n) is 20.5. The van der Waals surface area contributed by atoms with Crippen LogP contribution in [0.25, 0.3) is 0 Å². The lowest BCUT2D eigenvalue weighted by Crippen LogP contribution is -2.45. The van der Waals surface area contributed by atoms with E-state index in [0.29, 0.717) is 43.2 Å². The minimum absolute atomic E-state index is 0.00946. The third-order valence-corrected chi connectivity index (χ3v) is 6.03. The summed E-state index contributed by atoms with van der Waals surface area (Å²) in [7, 11) is 0. The van der Waals surface area contributed by atoms with Gasteiger partial charge in [0.15, 0.2) is 11.5 Å². The quantitative estimate of drug-likeness (QED) is 0.424. The first kappa shape index (κ1) is 24.4. The number of ether oxygens (including phenoxy) is 2. The predicted molar refractivity (Wildman–Crippen MR) is 132 cm³/mol. The summed E-state index contributed by atoms with van der Waals surface area (Å²) in [5.41, 5.74) is 2.02. The SMILES string of the molecule is Cc1ccc(CN(Cc2ccc3c(c2)OCO3)C(=O)CN(C(=O)CCc2ccccc2)C(C)C)o1. The van der Waals surface area contributed by atoms with Crippen LogP contribution in [0.1, 0.15) is 42.9 Å². The van der Waals surface area contributed by atoms with Crippen molar-refractivity contribution < 1.29 is 23.5 Å². The molecule has 7 nitrogen and oxygen atoms in total. The van der Waals surface area contributed by atoms with Gasteiger partial charge in [0.2, 0.25) is 18.6 Å². The maximum Gasteiger partial charge on any atom is 0.242 e. The molecule has 35 heavy (non-hydrogen) atoms. The van der Waals surface area contributed by atoms with Crippen molar-refractivity contribution in [1.82, 2.24) is 9.80 Å². The van der Waals surface area contributed by atoms with Gasteiger partial charge in [-0.25, -0.2) is 0 Å². The summed E-state index contributed by atoms with van der Waals surface area (Å²) < 4.78 is 16.6. The van der Waals surface area contributed by atoms with E-state index in [1.54, 1.807) is 9.80 Å². The molecule has 0 atom stereocenters. The zero-order chi connectivity index (χ0) is 24.8. The fourth-order valence-electron chi connectivity index (χ4n) is 4.09. The van der Waals surface area contributed by atoms with Crippen LogP contribution in [0.2, 0.25) is 0 Å². The number of nitrogens with zero attached hydrogens (tertiary/aromatic N) is 2. The fourth-order valence-corrected chi connectivity index (χ4v) is 4.09. The Labute approximate surface area is 206 Å². The van der Waals surface area contributed by atoms with Crippen molar-refractivity contribution in [3.63, 3.8) is 0 Å². The minimum atomic E-state index is -0.140. The molecule has 1 aliphatic rings. The molecule has 1 aliphatic heterocycles. The maximum atomic E-state index is 13.5. The first-order valence-electron chi connectivity index (χ1n) is 11.9. The molecule has 0 radical (unpaired) electrons. The fraction of sp³-hybridized carbons (Fsp3) is 0.357. The number of hydrogen-bond acceptors (Lipinski definition) is 5. The Morgan fingerprint density at radius 3 is 2.37 bits per heavy atom. The Bertz CT molecular complexity index is 1160. The van der Waals surface area contributed by atoms with Crippen LogP contribution >= 0.6 is 0 Å². The number of benzene rings is 2. The Kier molecular flexibility index (Phi) is 7.75. The van der Waals surface area contributed by atoms with Gasteiger partial charge in [-0.1, -0.05) is 36.4 Å². The molecule has 1 aromatic heterocycles. The zero-order valence-corrected chi connectivity index (χ0v) is 20.5. The van der Waals surface area contributed by atoms with Crippen molar-refractivity contribution in [3.05, 3.63) is 83.3 Å². The Hall–Kier alpha value is -3.74. The monoisotopic (exact) mass is 476 g/mol. The van der Waals surface area contributed by atoms with Crippen molar-refractivity contribution in [2.75, 3.05) is 13.3 Å². The van der Waals surface area contributed by atoms with Gasteiger partial charge in [-0.2, -0.15) is 0 Å². The highest BCUT2D eigenvalue weighted by Gasteiger charge is 2.25. The summed E-state index contributed by atoms with van der Waals surface area (Å²) in [6.45, 7) is 6.62. The summed E-state index contributed by atoms with van der Waals surface area (Å²) in [6, 6.07) is 19.2. The van der Waals surface area contributed by atoms with Crippen LogP contribution in [0.4, 0.5) is 0 Å². The first-order chi connectivity index (χ1) is 16.9. The third kappa shape index (κ3) is 6.44. The van der Waals surface area contributed by atoms with Crippen LogP contribution in [0, 0.1) is 6.92 Å². The number of aryl methyl sites for hydroxylation is 2. The second-order valence-corrected chi connectivity index (χ2v) is 9.05. The van der Waals surface area contributed by atoms with Gasteiger partial charge >= 0.3 is 0 Å². The summed E-state index contributed by atoms with van der Waals surface area (Å²) in [4.78, 5) is 30.0. The molecule has 0 N–H and O–H groups in total. The highest BCUT2D eigenvalue weighted by Crippen LogP contribution is 2.33. The number of hydrogen-bond donors (Lipinski definition) is 0. The normalized spacial score (nSPS) is 12.1. The Morgan fingerprint density at radius 1 is 0.886 bits per heavy atom. The molecule has 0 bridgehead atoms. The van der Waals surface area contributed by atoms with E-state index in [1.807, 2.05) is 81.4 Å². The van der Waals surface area contributed by atoms with Gasteiger partial charge < -0.3 is 23.7 Å². The number of rotatable bonds is 10. The molecule has 0 unspecified atom stereocenters. The van der Waals surface area contributed by atoms with Crippen molar-refractivity contribution in [1.29, 1.82) is 0 Å². The number of carbonyl (C=O) groups is 2. The average Bonchev–Trinajstić information content (AvgIpc) is 3.49. The number of carbonyl (C=O) groups excluding carboxylic acids is 2. The lowest BCUT2D eigenvalue weighted by atomic mass is 10.1. The lowest BCUT2D eigenvalue weighted by Gasteiger charge is -2.30. The molecular weight excluding hydrogens is 444 g/mol. The van der Waals surface area contributed by atoms with Gasteiger partial charge in [0.25, 0.3) is 0 Å². The molecule has 0 fully saturated rings. The molecule has 0 saturated carbocycles. The molecule has 7 heteroatoms. The molecule has 0 saturated heterocycles. The van der Waals surface area contributed by atoms with Gasteiger partial charge in [0.05, 0.1) is 13.1 Å². The van der Waals surface area contributed by atoms with E-state index in [0.717, 1.165) is 16.9 Å². The molecule has 2 amide bonds.